The molecule has 0 bridgehead atoms. The number of hydrogen-bond donors (Lipinski definition) is 2. The number of carbonyl (C=O) groups excluding carboxylic acids is 1. The molecule has 8 heteroatoms. The van der Waals surface area contributed by atoms with Crippen molar-refractivity contribution in [2.75, 3.05) is 5.73 Å². The smallest absolute Gasteiger partial charge is 0.271 e. The highest BCUT2D eigenvalue weighted by atomic mass is 16.1. The zero-order chi connectivity index (χ0) is 14.8. The normalized spacial score (nSPS) is 10.5. The second kappa shape index (κ2) is 5.00. The number of amides is 1. The minimum absolute atomic E-state index is 0.0292. The van der Waals surface area contributed by atoms with E-state index in [0.717, 1.165) is 5.56 Å². The van der Waals surface area contributed by atoms with Crippen LogP contribution >= 0.6 is 0 Å². The van der Waals surface area contributed by atoms with E-state index in [1.54, 1.807) is 12.1 Å². The van der Waals surface area contributed by atoms with Crippen LogP contribution in [0.4, 0.5) is 5.69 Å². The highest BCUT2D eigenvalue weighted by Gasteiger charge is 2.14. The van der Waals surface area contributed by atoms with Gasteiger partial charge in [-0.1, -0.05) is 12.1 Å². The molecule has 2 heterocycles. The van der Waals surface area contributed by atoms with Crippen LogP contribution in [0.25, 0.3) is 17.2 Å². The maximum atomic E-state index is 11.4. The maximum absolute atomic E-state index is 11.4. The van der Waals surface area contributed by atoms with Gasteiger partial charge in [0, 0.05) is 23.6 Å². The number of hydrogen-bond acceptors (Lipinski definition) is 6. The standard InChI is InChI=1S/C13H11N7O/c14-9-3-1-2-8(6-9)12-18-7-20(19-12)13-10(11(15)21)16-4-5-17-13/h1-7H,14H2,(H2,15,21). The van der Waals surface area contributed by atoms with E-state index in [0.29, 0.717) is 11.5 Å². The SMILES string of the molecule is NC(=O)c1nccnc1-n1cnc(-c2cccc(N)c2)n1. The summed E-state index contributed by atoms with van der Waals surface area (Å²) in [6.07, 6.45) is 4.28. The molecule has 0 unspecified atom stereocenters. The molecule has 0 saturated heterocycles. The Morgan fingerprint density at radius 3 is 2.71 bits per heavy atom. The van der Waals surface area contributed by atoms with Crippen LogP contribution in [0.15, 0.2) is 43.0 Å². The summed E-state index contributed by atoms with van der Waals surface area (Å²) in [6.45, 7) is 0. The Morgan fingerprint density at radius 2 is 1.95 bits per heavy atom. The maximum Gasteiger partial charge on any atom is 0.271 e. The molecule has 0 fully saturated rings. The molecule has 0 aliphatic heterocycles. The summed E-state index contributed by atoms with van der Waals surface area (Å²) in [5.74, 6) is 0.00938. The number of nitrogens with zero attached hydrogens (tertiary/aromatic N) is 5. The number of nitrogens with two attached hydrogens (primary N) is 2. The molecule has 0 saturated carbocycles. The first-order chi connectivity index (χ1) is 10.1. The molecule has 3 rings (SSSR count). The monoisotopic (exact) mass is 281 g/mol. The van der Waals surface area contributed by atoms with Gasteiger partial charge in [0.2, 0.25) is 0 Å². The number of nitrogen functional groups attached to an aromatic ring is 1. The van der Waals surface area contributed by atoms with Gasteiger partial charge >= 0.3 is 0 Å². The zero-order valence-corrected chi connectivity index (χ0v) is 10.8. The molecular formula is C13H11N7O. The molecule has 2 aromatic heterocycles. The summed E-state index contributed by atoms with van der Waals surface area (Å²) in [5, 5.41) is 4.27. The molecule has 0 aliphatic rings. The van der Waals surface area contributed by atoms with Crippen LogP contribution in [-0.2, 0) is 0 Å². The number of rotatable bonds is 3. The van der Waals surface area contributed by atoms with Crippen LogP contribution in [0.5, 0.6) is 0 Å². The van der Waals surface area contributed by atoms with Crippen LogP contribution in [0, 0.1) is 0 Å². The summed E-state index contributed by atoms with van der Waals surface area (Å²) in [7, 11) is 0. The Kier molecular flexibility index (Phi) is 3.03. The number of primary amides is 1. The second-order valence-corrected chi connectivity index (χ2v) is 4.23. The molecule has 21 heavy (non-hydrogen) atoms. The lowest BCUT2D eigenvalue weighted by Crippen LogP contribution is -2.18. The molecular weight excluding hydrogens is 270 g/mol. The Labute approximate surface area is 119 Å². The highest BCUT2D eigenvalue weighted by Crippen LogP contribution is 2.18. The minimum Gasteiger partial charge on any atom is -0.399 e. The third-order valence-electron chi connectivity index (χ3n) is 2.77. The summed E-state index contributed by atoms with van der Waals surface area (Å²) in [5.41, 5.74) is 12.4. The van der Waals surface area contributed by atoms with E-state index in [-0.39, 0.29) is 11.5 Å². The molecule has 3 aromatic rings. The third kappa shape index (κ3) is 2.41. The van der Waals surface area contributed by atoms with Crippen molar-refractivity contribution in [2.45, 2.75) is 0 Å². The van der Waals surface area contributed by atoms with Gasteiger partial charge in [-0.15, -0.1) is 5.10 Å². The Bertz CT molecular complexity index is 812. The molecule has 0 spiro atoms. The Morgan fingerprint density at radius 1 is 1.14 bits per heavy atom. The molecule has 8 nitrogen and oxygen atoms in total. The molecule has 1 amide bonds. The lowest BCUT2D eigenvalue weighted by atomic mass is 10.2. The summed E-state index contributed by atoms with van der Waals surface area (Å²) >= 11 is 0. The van der Waals surface area contributed by atoms with E-state index in [2.05, 4.69) is 20.1 Å². The first-order valence-electron chi connectivity index (χ1n) is 6.04. The van der Waals surface area contributed by atoms with Crippen molar-refractivity contribution in [1.29, 1.82) is 0 Å². The topological polar surface area (TPSA) is 126 Å². The van der Waals surface area contributed by atoms with Gasteiger partial charge < -0.3 is 11.5 Å². The fourth-order valence-electron chi connectivity index (χ4n) is 1.85. The Hall–Kier alpha value is -3.29. The van der Waals surface area contributed by atoms with Gasteiger partial charge in [-0.25, -0.2) is 15.0 Å². The average molecular weight is 281 g/mol. The molecule has 0 radical (unpaired) electrons. The number of benzene rings is 1. The Balaban J connectivity index is 2.05. The summed E-state index contributed by atoms with van der Waals surface area (Å²) in [6, 6.07) is 7.17. The highest BCUT2D eigenvalue weighted by molar-refractivity contribution is 5.93. The third-order valence-corrected chi connectivity index (χ3v) is 2.77. The number of aromatic nitrogens is 5. The molecule has 4 N–H and O–H groups in total. The fourth-order valence-corrected chi connectivity index (χ4v) is 1.85. The van der Waals surface area contributed by atoms with Crippen molar-refractivity contribution in [2.24, 2.45) is 5.73 Å². The van der Waals surface area contributed by atoms with Crippen molar-refractivity contribution in [3.63, 3.8) is 0 Å². The number of anilines is 1. The first-order valence-corrected chi connectivity index (χ1v) is 6.04. The van der Waals surface area contributed by atoms with Crippen LogP contribution in [0.2, 0.25) is 0 Å². The summed E-state index contributed by atoms with van der Waals surface area (Å²) < 4.78 is 1.35. The molecule has 0 atom stereocenters. The van der Waals surface area contributed by atoms with Gasteiger partial charge in [-0.05, 0) is 12.1 Å². The van der Waals surface area contributed by atoms with Crippen molar-refractivity contribution >= 4 is 11.6 Å². The van der Waals surface area contributed by atoms with Crippen LogP contribution in [0.1, 0.15) is 10.5 Å². The van der Waals surface area contributed by atoms with Gasteiger partial charge in [0.05, 0.1) is 0 Å². The van der Waals surface area contributed by atoms with E-state index in [9.17, 15) is 4.79 Å². The van der Waals surface area contributed by atoms with Crippen molar-refractivity contribution < 1.29 is 4.79 Å². The lowest BCUT2D eigenvalue weighted by molar-refractivity contribution is 0.0995. The second-order valence-electron chi connectivity index (χ2n) is 4.23. The fraction of sp³-hybridized carbons (Fsp3) is 0. The van der Waals surface area contributed by atoms with Crippen LogP contribution in [0.3, 0.4) is 0 Å². The van der Waals surface area contributed by atoms with Crippen molar-refractivity contribution in [1.82, 2.24) is 24.7 Å². The van der Waals surface area contributed by atoms with Crippen LogP contribution < -0.4 is 11.5 Å². The van der Waals surface area contributed by atoms with Gasteiger partial charge in [0.25, 0.3) is 5.91 Å². The van der Waals surface area contributed by atoms with E-state index >= 15 is 0 Å². The molecule has 1 aromatic carbocycles. The van der Waals surface area contributed by atoms with E-state index in [4.69, 9.17) is 11.5 Å². The molecule has 104 valence electrons. The van der Waals surface area contributed by atoms with E-state index in [1.165, 1.54) is 23.4 Å². The van der Waals surface area contributed by atoms with Gasteiger partial charge in [-0.3, -0.25) is 4.79 Å². The van der Waals surface area contributed by atoms with E-state index in [1.807, 2.05) is 12.1 Å². The lowest BCUT2D eigenvalue weighted by Gasteiger charge is -2.02. The van der Waals surface area contributed by atoms with Crippen molar-refractivity contribution in [3.05, 3.63) is 48.7 Å². The van der Waals surface area contributed by atoms with Gasteiger partial charge in [0.1, 0.15) is 6.33 Å². The summed E-state index contributed by atoms with van der Waals surface area (Å²) in [4.78, 5) is 23.5. The number of carbonyl (C=O) groups is 1. The largest absolute Gasteiger partial charge is 0.399 e. The molecule has 0 aliphatic carbocycles. The van der Waals surface area contributed by atoms with Gasteiger partial charge in [-0.2, -0.15) is 4.68 Å². The van der Waals surface area contributed by atoms with E-state index < -0.39 is 5.91 Å². The predicted octanol–water partition coefficient (Wildman–Crippen LogP) is 0.405. The minimum atomic E-state index is -0.681. The zero-order valence-electron chi connectivity index (χ0n) is 10.8. The van der Waals surface area contributed by atoms with Crippen LogP contribution in [-0.4, -0.2) is 30.6 Å². The predicted molar refractivity (Wildman–Crippen MR) is 75.3 cm³/mol. The quantitative estimate of drug-likeness (QED) is 0.669. The first kappa shape index (κ1) is 12.7. The van der Waals surface area contributed by atoms with Crippen molar-refractivity contribution in [3.8, 4) is 17.2 Å². The average Bonchev–Trinajstić information content (AvgIpc) is 2.97. The van der Waals surface area contributed by atoms with Gasteiger partial charge in [0.15, 0.2) is 17.3 Å².